The molecule has 190 valence electrons. The fraction of sp³-hybridized carbons (Fsp3) is 0.0714. The van der Waals surface area contributed by atoms with Crippen molar-refractivity contribution in [3.8, 4) is 17.0 Å². The smallest absolute Gasteiger partial charge is 0.264 e. The Balaban J connectivity index is 1.45. The quantitative estimate of drug-likeness (QED) is 0.304. The second-order valence-electron chi connectivity index (χ2n) is 8.36. The molecule has 5 rings (SSSR count). The first-order valence-corrected chi connectivity index (χ1v) is 13.1. The highest BCUT2D eigenvalue weighted by atomic mass is 32.2. The van der Waals surface area contributed by atoms with Gasteiger partial charge in [0.05, 0.1) is 28.8 Å². The normalized spacial score (nSPS) is 11.2. The van der Waals surface area contributed by atoms with Crippen LogP contribution in [0.15, 0.2) is 96.2 Å². The van der Waals surface area contributed by atoms with Gasteiger partial charge in [0.25, 0.3) is 15.9 Å². The summed E-state index contributed by atoms with van der Waals surface area (Å²) in [5.74, 6) is 0.363. The summed E-state index contributed by atoms with van der Waals surface area (Å²) in [5, 5.41) is 3.60. The number of methoxy groups -OCH3 is 1. The molecule has 3 aromatic carbocycles. The molecule has 5 aromatic rings. The summed E-state index contributed by atoms with van der Waals surface area (Å²) < 4.78 is 32.9. The van der Waals surface area contributed by atoms with Crippen molar-refractivity contribution >= 4 is 38.5 Å². The Morgan fingerprint density at radius 1 is 0.868 bits per heavy atom. The monoisotopic (exact) mass is 525 g/mol. The van der Waals surface area contributed by atoms with Gasteiger partial charge < -0.3 is 10.1 Å². The van der Waals surface area contributed by atoms with Crippen molar-refractivity contribution in [3.05, 3.63) is 102 Å². The average molecular weight is 526 g/mol. The van der Waals surface area contributed by atoms with Crippen LogP contribution in [0, 0.1) is 6.92 Å². The molecule has 0 aliphatic rings. The molecule has 0 aliphatic heterocycles. The number of carbonyl (C=O) groups is 1. The fourth-order valence-corrected chi connectivity index (χ4v) is 5.03. The van der Waals surface area contributed by atoms with Gasteiger partial charge in [-0.25, -0.2) is 28.1 Å². The number of pyridine rings is 1. The van der Waals surface area contributed by atoms with Crippen molar-refractivity contribution in [1.29, 1.82) is 0 Å². The Bertz CT molecular complexity index is 1720. The molecule has 0 spiro atoms. The van der Waals surface area contributed by atoms with E-state index in [1.807, 2.05) is 55.5 Å². The van der Waals surface area contributed by atoms with E-state index in [9.17, 15) is 13.2 Å². The van der Waals surface area contributed by atoms with Crippen LogP contribution in [-0.4, -0.2) is 36.4 Å². The minimum atomic E-state index is -3.89. The van der Waals surface area contributed by atoms with E-state index in [4.69, 9.17) is 9.72 Å². The second kappa shape index (κ2) is 10.3. The molecule has 0 fully saturated rings. The molecule has 38 heavy (non-hydrogen) atoms. The summed E-state index contributed by atoms with van der Waals surface area (Å²) >= 11 is 0. The first-order chi connectivity index (χ1) is 18.4. The predicted molar refractivity (Wildman–Crippen MR) is 146 cm³/mol. The molecule has 2 aromatic heterocycles. The molecule has 10 heteroatoms. The van der Waals surface area contributed by atoms with E-state index in [1.54, 1.807) is 13.2 Å². The molecular formula is C28H23N5O4S. The molecule has 0 unspecified atom stereocenters. The van der Waals surface area contributed by atoms with E-state index < -0.39 is 10.0 Å². The Hall–Kier alpha value is -4.83. The van der Waals surface area contributed by atoms with Gasteiger partial charge in [0.2, 0.25) is 5.95 Å². The highest BCUT2D eigenvalue weighted by molar-refractivity contribution is 7.92. The van der Waals surface area contributed by atoms with Gasteiger partial charge in [0, 0.05) is 29.0 Å². The standard InChI is InChI=1S/C28H23N5O4S/c1-18-25(23-6-3-4-7-24(23)32-26(18)19-8-12-21(37-2)13-9-19)27(34)31-20-10-14-22(15-11-20)38(35,36)33-28-29-16-5-17-30-28/h3-17H,1-2H3,(H,31,34)(H,29,30,33). The van der Waals surface area contributed by atoms with Crippen molar-refractivity contribution in [2.75, 3.05) is 17.1 Å². The van der Waals surface area contributed by atoms with Gasteiger partial charge >= 0.3 is 0 Å². The van der Waals surface area contributed by atoms with Crippen LogP contribution >= 0.6 is 0 Å². The van der Waals surface area contributed by atoms with Crippen LogP contribution in [-0.2, 0) is 10.0 Å². The molecular weight excluding hydrogens is 502 g/mol. The maximum Gasteiger partial charge on any atom is 0.264 e. The number of fused-ring (bicyclic) bond motifs is 1. The van der Waals surface area contributed by atoms with Crippen LogP contribution in [0.3, 0.4) is 0 Å². The largest absolute Gasteiger partial charge is 0.497 e. The van der Waals surface area contributed by atoms with Crippen LogP contribution in [0.1, 0.15) is 15.9 Å². The Morgan fingerprint density at radius 2 is 1.55 bits per heavy atom. The zero-order valence-electron chi connectivity index (χ0n) is 20.5. The minimum absolute atomic E-state index is 0.00952. The number of ether oxygens (including phenoxy) is 1. The number of rotatable bonds is 7. The van der Waals surface area contributed by atoms with Gasteiger partial charge in [-0.3, -0.25) is 4.79 Å². The van der Waals surface area contributed by atoms with E-state index in [0.29, 0.717) is 27.8 Å². The van der Waals surface area contributed by atoms with Crippen LogP contribution in [0.2, 0.25) is 0 Å². The van der Waals surface area contributed by atoms with Crippen molar-refractivity contribution in [2.24, 2.45) is 0 Å². The molecule has 0 saturated heterocycles. The van der Waals surface area contributed by atoms with Gasteiger partial charge in [-0.05, 0) is 73.2 Å². The van der Waals surface area contributed by atoms with E-state index >= 15 is 0 Å². The number of hydrogen-bond donors (Lipinski definition) is 2. The van der Waals surface area contributed by atoms with Gasteiger partial charge in [-0.15, -0.1) is 0 Å². The summed E-state index contributed by atoms with van der Waals surface area (Å²) in [7, 11) is -2.29. The third kappa shape index (κ3) is 5.02. The molecule has 9 nitrogen and oxygen atoms in total. The maximum absolute atomic E-state index is 13.5. The molecule has 0 saturated carbocycles. The van der Waals surface area contributed by atoms with Crippen LogP contribution < -0.4 is 14.8 Å². The number of hydrogen-bond acceptors (Lipinski definition) is 7. The van der Waals surface area contributed by atoms with Gasteiger partial charge in [-0.2, -0.15) is 0 Å². The van der Waals surface area contributed by atoms with Crippen molar-refractivity contribution in [2.45, 2.75) is 11.8 Å². The van der Waals surface area contributed by atoms with Gasteiger partial charge in [-0.1, -0.05) is 18.2 Å². The SMILES string of the molecule is COc1ccc(-c2nc3ccccc3c(C(=O)Nc3ccc(S(=O)(=O)Nc4ncccn4)cc3)c2C)cc1. The number of para-hydroxylation sites is 1. The highest BCUT2D eigenvalue weighted by Crippen LogP contribution is 2.31. The molecule has 0 bridgehead atoms. The summed E-state index contributed by atoms with van der Waals surface area (Å²) in [6.07, 6.45) is 2.88. The van der Waals surface area contributed by atoms with Crippen LogP contribution in [0.25, 0.3) is 22.2 Å². The van der Waals surface area contributed by atoms with E-state index in [-0.39, 0.29) is 16.8 Å². The topological polar surface area (TPSA) is 123 Å². The zero-order chi connectivity index (χ0) is 26.7. The maximum atomic E-state index is 13.5. The van der Waals surface area contributed by atoms with Gasteiger partial charge in [0.1, 0.15) is 5.75 Å². The lowest BCUT2D eigenvalue weighted by Gasteiger charge is -2.15. The number of benzene rings is 3. The Kier molecular flexibility index (Phi) is 6.71. The third-order valence-electron chi connectivity index (χ3n) is 5.94. The lowest BCUT2D eigenvalue weighted by atomic mass is 9.97. The Labute approximate surface area is 219 Å². The molecule has 0 atom stereocenters. The first-order valence-electron chi connectivity index (χ1n) is 11.6. The zero-order valence-corrected chi connectivity index (χ0v) is 21.4. The Morgan fingerprint density at radius 3 is 2.24 bits per heavy atom. The number of carbonyl (C=O) groups excluding carboxylic acids is 1. The number of aromatic nitrogens is 3. The van der Waals surface area contributed by atoms with E-state index in [1.165, 1.54) is 36.7 Å². The van der Waals surface area contributed by atoms with Crippen molar-refractivity contribution < 1.29 is 17.9 Å². The molecule has 1 amide bonds. The number of anilines is 2. The number of nitrogens with one attached hydrogen (secondary N) is 2. The number of sulfonamides is 1. The van der Waals surface area contributed by atoms with E-state index in [2.05, 4.69) is 20.0 Å². The summed E-state index contributed by atoms with van der Waals surface area (Å²) in [6.45, 7) is 1.86. The fourth-order valence-electron chi connectivity index (χ4n) is 4.07. The van der Waals surface area contributed by atoms with Crippen LogP contribution in [0.5, 0.6) is 5.75 Å². The second-order valence-corrected chi connectivity index (χ2v) is 10.0. The van der Waals surface area contributed by atoms with Crippen LogP contribution in [0.4, 0.5) is 11.6 Å². The molecule has 2 heterocycles. The van der Waals surface area contributed by atoms with Crippen molar-refractivity contribution in [1.82, 2.24) is 15.0 Å². The van der Waals surface area contributed by atoms with Crippen molar-refractivity contribution in [3.63, 3.8) is 0 Å². The minimum Gasteiger partial charge on any atom is -0.497 e. The summed E-state index contributed by atoms with van der Waals surface area (Å²) in [5.41, 5.74) is 3.87. The third-order valence-corrected chi connectivity index (χ3v) is 7.28. The average Bonchev–Trinajstić information content (AvgIpc) is 2.93. The van der Waals surface area contributed by atoms with Gasteiger partial charge in [0.15, 0.2) is 0 Å². The number of nitrogens with zero attached hydrogens (tertiary/aromatic N) is 3. The predicted octanol–water partition coefficient (Wildman–Crippen LogP) is 5.06. The lowest BCUT2D eigenvalue weighted by Crippen LogP contribution is -2.16. The molecule has 0 radical (unpaired) electrons. The number of amides is 1. The highest BCUT2D eigenvalue weighted by Gasteiger charge is 2.20. The summed E-state index contributed by atoms with van der Waals surface area (Å²) in [6, 6.07) is 22.4. The van der Waals surface area contributed by atoms with E-state index in [0.717, 1.165) is 16.9 Å². The lowest BCUT2D eigenvalue weighted by molar-refractivity contribution is 0.102. The molecule has 0 aliphatic carbocycles. The first kappa shape index (κ1) is 24.8. The molecule has 2 N–H and O–H groups in total. The summed E-state index contributed by atoms with van der Waals surface area (Å²) in [4.78, 5) is 26.1.